The van der Waals surface area contributed by atoms with E-state index in [0.717, 1.165) is 96.3 Å². The van der Waals surface area contributed by atoms with Gasteiger partial charge < -0.3 is 24.2 Å². The van der Waals surface area contributed by atoms with Gasteiger partial charge in [0.25, 0.3) is 0 Å². The molecule has 0 spiro atoms. The van der Waals surface area contributed by atoms with Gasteiger partial charge in [-0.15, -0.1) is 0 Å². The molecule has 0 radical (unpaired) electrons. The Bertz CT molecular complexity index is 1490. The second-order valence-corrected chi connectivity index (χ2v) is 23.4. The summed E-state index contributed by atoms with van der Waals surface area (Å²) < 4.78 is 39.7. The van der Waals surface area contributed by atoms with Crippen molar-refractivity contribution in [2.45, 2.75) is 328 Å². The zero-order valence-corrected chi connectivity index (χ0v) is 51.5. The number of aliphatic hydroxyl groups is 1. The second kappa shape index (κ2) is 60.5. The van der Waals surface area contributed by atoms with E-state index in [9.17, 15) is 28.9 Å². The Balaban J connectivity index is 4.66. The van der Waals surface area contributed by atoms with Gasteiger partial charge >= 0.3 is 25.7 Å². The minimum Gasteiger partial charge on any atom is -0.462 e. The zero-order valence-electron chi connectivity index (χ0n) is 50.6. The maximum atomic E-state index is 13.0. The van der Waals surface area contributed by atoms with Gasteiger partial charge in [0.15, 0.2) is 6.10 Å². The number of ether oxygens (including phenoxy) is 3. The summed E-state index contributed by atoms with van der Waals surface area (Å²) >= 11 is 0. The Morgan fingerprint density at radius 3 is 1.04 bits per heavy atom. The average molecular weight is 1120 g/mol. The van der Waals surface area contributed by atoms with E-state index < -0.39 is 57.8 Å². The van der Waals surface area contributed by atoms with Crippen LogP contribution in [0.15, 0.2) is 48.6 Å². The molecule has 0 aliphatic heterocycles. The fourth-order valence-electron chi connectivity index (χ4n) is 9.31. The highest BCUT2D eigenvalue weighted by Gasteiger charge is 2.28. The van der Waals surface area contributed by atoms with Gasteiger partial charge in [0.05, 0.1) is 19.8 Å². The number of hydrogen-bond acceptors (Lipinski definition) is 10. The van der Waals surface area contributed by atoms with Gasteiger partial charge in [-0.1, -0.05) is 268 Å². The molecule has 2 N–H and O–H groups in total. The lowest BCUT2D eigenvalue weighted by Crippen LogP contribution is -2.30. The minimum absolute atomic E-state index is 0.168. The average Bonchev–Trinajstić information content (AvgIpc) is 3.43. The Morgan fingerprint density at radius 1 is 0.372 bits per heavy atom. The molecule has 0 rings (SSSR count). The van der Waals surface area contributed by atoms with Crippen LogP contribution in [0.3, 0.4) is 0 Å². The number of carbonyl (C=O) groups is 3. The highest BCUT2D eigenvalue weighted by atomic mass is 31.2. The quantitative estimate of drug-likeness (QED) is 0.0197. The molecule has 0 heterocycles. The first kappa shape index (κ1) is 75.4. The number of phosphoric ester groups is 1. The van der Waals surface area contributed by atoms with Crippen molar-refractivity contribution < 1.29 is 52.2 Å². The largest absolute Gasteiger partial charge is 0.472 e. The fourth-order valence-corrected chi connectivity index (χ4v) is 10.1. The van der Waals surface area contributed by atoms with E-state index in [4.69, 9.17) is 23.3 Å². The number of esters is 3. The predicted molar refractivity (Wildman–Crippen MR) is 325 cm³/mol. The van der Waals surface area contributed by atoms with Crippen LogP contribution in [-0.2, 0) is 42.2 Å². The van der Waals surface area contributed by atoms with Crippen LogP contribution in [0.1, 0.15) is 316 Å². The van der Waals surface area contributed by atoms with Gasteiger partial charge in [0, 0.05) is 19.3 Å². The fraction of sp³-hybridized carbons (Fsp3) is 0.833. The third-order valence-electron chi connectivity index (χ3n) is 14.2. The summed E-state index contributed by atoms with van der Waals surface area (Å²) in [5.41, 5.74) is 0. The van der Waals surface area contributed by atoms with E-state index >= 15 is 0 Å². The molecule has 0 bridgehead atoms. The van der Waals surface area contributed by atoms with Crippen molar-refractivity contribution in [2.24, 2.45) is 0 Å². The predicted octanol–water partition coefficient (Wildman–Crippen LogP) is 19.7. The van der Waals surface area contributed by atoms with Crippen molar-refractivity contribution in [1.29, 1.82) is 0 Å². The van der Waals surface area contributed by atoms with Gasteiger partial charge in [-0.2, -0.15) is 0 Å². The van der Waals surface area contributed by atoms with E-state index in [1.165, 1.54) is 161 Å². The van der Waals surface area contributed by atoms with Crippen molar-refractivity contribution in [3.8, 4) is 0 Å². The monoisotopic (exact) mass is 1120 g/mol. The molecule has 0 aromatic carbocycles. The second-order valence-electron chi connectivity index (χ2n) is 21.9. The molecule has 0 aromatic heterocycles. The standard InChI is InChI=1S/C66H121O11P/c1-4-7-10-13-16-19-22-25-28-30-31-33-36-39-42-45-48-51-54-57-66(70)77-63(59-73-64(68)55-52-49-46-43-40-37-34-27-24-21-18-15-12-9-6-3)61-75-78(71,72)74-60-62(58-67)76-65(69)56-53-50-47-44-41-38-35-32-29-26-23-20-17-14-11-8-5-2/h9,12,18,21,26-27,29,34,62-63,67H,4-8,10-11,13-17,19-20,22-25,28,30-33,35-61H2,1-3H3,(H,71,72)/b12-9-,21-18-,29-26-,34-27-. The Morgan fingerprint density at radius 2 is 0.667 bits per heavy atom. The number of rotatable bonds is 61. The lowest BCUT2D eigenvalue weighted by Gasteiger charge is -2.21. The van der Waals surface area contributed by atoms with Crippen LogP contribution in [0, 0.1) is 0 Å². The number of hydrogen-bond donors (Lipinski definition) is 2. The molecule has 0 saturated heterocycles. The lowest BCUT2D eigenvalue weighted by molar-refractivity contribution is -0.161. The first-order chi connectivity index (χ1) is 38.2. The summed E-state index contributed by atoms with van der Waals surface area (Å²) in [7, 11) is -4.75. The maximum absolute atomic E-state index is 13.0. The number of aliphatic hydroxyl groups excluding tert-OH is 1. The lowest BCUT2D eigenvalue weighted by atomic mass is 10.0. The SMILES string of the molecule is CC/C=C\C/C=C\C/C=C\CCCCCCCC(=O)OCC(COP(=O)(O)OCC(CO)OC(=O)CCCCCCCCC/C=C\CCCCCCCC)OC(=O)CCCCCCCCCCCCCCCCCCCCC. The van der Waals surface area contributed by atoms with Crippen LogP contribution in [0.5, 0.6) is 0 Å². The summed E-state index contributed by atoms with van der Waals surface area (Å²) in [4.78, 5) is 48.7. The van der Waals surface area contributed by atoms with Crippen LogP contribution in [-0.4, -0.2) is 66.5 Å². The molecule has 0 saturated carbocycles. The van der Waals surface area contributed by atoms with E-state index in [1.54, 1.807) is 0 Å². The normalized spacial score (nSPS) is 13.6. The molecule has 12 heteroatoms. The molecule has 11 nitrogen and oxygen atoms in total. The van der Waals surface area contributed by atoms with E-state index in [1.807, 2.05) is 0 Å². The van der Waals surface area contributed by atoms with E-state index in [0.29, 0.717) is 19.3 Å². The van der Waals surface area contributed by atoms with Crippen molar-refractivity contribution in [2.75, 3.05) is 26.4 Å². The highest BCUT2D eigenvalue weighted by molar-refractivity contribution is 7.47. The number of carbonyl (C=O) groups excluding carboxylic acids is 3. The smallest absolute Gasteiger partial charge is 0.462 e. The topological polar surface area (TPSA) is 155 Å². The van der Waals surface area contributed by atoms with Gasteiger partial charge in [-0.3, -0.25) is 23.4 Å². The van der Waals surface area contributed by atoms with Gasteiger partial charge in [-0.05, 0) is 77.0 Å². The first-order valence-corrected chi connectivity index (χ1v) is 34.0. The van der Waals surface area contributed by atoms with Crippen LogP contribution in [0.25, 0.3) is 0 Å². The molecule has 78 heavy (non-hydrogen) atoms. The van der Waals surface area contributed by atoms with Crippen molar-refractivity contribution in [1.82, 2.24) is 0 Å². The Labute approximate surface area is 479 Å². The molecular formula is C66H121O11P. The van der Waals surface area contributed by atoms with Gasteiger partial charge in [-0.25, -0.2) is 4.57 Å². The summed E-state index contributed by atoms with van der Waals surface area (Å²) in [5, 5.41) is 9.85. The molecule has 0 aromatic rings. The summed E-state index contributed by atoms with van der Waals surface area (Å²) in [5.74, 6) is -1.47. The molecule has 0 aliphatic carbocycles. The van der Waals surface area contributed by atoms with Crippen LogP contribution < -0.4 is 0 Å². The van der Waals surface area contributed by atoms with E-state index in [-0.39, 0.29) is 25.9 Å². The van der Waals surface area contributed by atoms with Crippen LogP contribution in [0.4, 0.5) is 0 Å². The highest BCUT2D eigenvalue weighted by Crippen LogP contribution is 2.43. The number of phosphoric acid groups is 1. The first-order valence-electron chi connectivity index (χ1n) is 32.5. The minimum atomic E-state index is -4.75. The molecule has 3 unspecified atom stereocenters. The van der Waals surface area contributed by atoms with Crippen LogP contribution >= 0.6 is 7.82 Å². The van der Waals surface area contributed by atoms with Crippen molar-refractivity contribution in [3.63, 3.8) is 0 Å². The third kappa shape index (κ3) is 58.1. The summed E-state index contributed by atoms with van der Waals surface area (Å²) in [6.07, 6.45) is 66.3. The van der Waals surface area contributed by atoms with E-state index in [2.05, 4.69) is 69.4 Å². The zero-order chi connectivity index (χ0) is 56.9. The van der Waals surface area contributed by atoms with Crippen molar-refractivity contribution in [3.05, 3.63) is 48.6 Å². The molecule has 0 amide bonds. The Hall–Kier alpha value is -2.56. The molecule has 3 atom stereocenters. The molecular weight excluding hydrogens is 1000 g/mol. The Kier molecular flexibility index (Phi) is 58.5. The number of unbranched alkanes of at least 4 members (excludes halogenated alkanes) is 36. The number of allylic oxidation sites excluding steroid dienone is 8. The van der Waals surface area contributed by atoms with Crippen molar-refractivity contribution >= 4 is 25.7 Å². The molecule has 0 fully saturated rings. The molecule has 456 valence electrons. The van der Waals surface area contributed by atoms with Crippen LogP contribution in [0.2, 0.25) is 0 Å². The molecule has 0 aliphatic rings. The summed E-state index contributed by atoms with van der Waals surface area (Å²) in [6.45, 7) is 4.57. The van der Waals surface area contributed by atoms with Gasteiger partial charge in [0.1, 0.15) is 12.7 Å². The summed E-state index contributed by atoms with van der Waals surface area (Å²) in [6, 6.07) is 0. The third-order valence-corrected chi connectivity index (χ3v) is 15.2. The maximum Gasteiger partial charge on any atom is 0.472 e. The van der Waals surface area contributed by atoms with Gasteiger partial charge in [0.2, 0.25) is 0 Å².